The molecule has 0 fully saturated rings. The fraction of sp³-hybridized carbons (Fsp3) is 0.211. The number of hydrogen-bond donors (Lipinski definition) is 1. The molecule has 0 atom stereocenters. The first kappa shape index (κ1) is 18.4. The Morgan fingerprint density at radius 3 is 2.56 bits per heavy atom. The molecular formula is C19H18N2O3S. The molecule has 0 unspecified atom stereocenters. The quantitative estimate of drug-likeness (QED) is 0.648. The first-order chi connectivity index (χ1) is 12.0. The van der Waals surface area contributed by atoms with E-state index in [9.17, 15) is 9.59 Å². The minimum Gasteiger partial charge on any atom is -0.462 e. The molecule has 2 rings (SSSR count). The number of carbonyl (C=O) groups excluding carboxylic acids is 2. The summed E-state index contributed by atoms with van der Waals surface area (Å²) in [5.41, 5.74) is 2.59. The summed E-state index contributed by atoms with van der Waals surface area (Å²) in [6.45, 7) is 5.75. The Balaban J connectivity index is 2.14. The highest BCUT2D eigenvalue weighted by Gasteiger charge is 2.21. The van der Waals surface area contributed by atoms with Gasteiger partial charge in [-0.3, -0.25) is 4.79 Å². The van der Waals surface area contributed by atoms with Crippen molar-refractivity contribution in [1.82, 2.24) is 0 Å². The van der Waals surface area contributed by atoms with Gasteiger partial charge >= 0.3 is 5.97 Å². The molecule has 0 bridgehead atoms. The van der Waals surface area contributed by atoms with Crippen molar-refractivity contribution < 1.29 is 14.3 Å². The summed E-state index contributed by atoms with van der Waals surface area (Å²) in [6.07, 6.45) is 3.04. The molecule has 1 aromatic heterocycles. The van der Waals surface area contributed by atoms with E-state index in [1.165, 1.54) is 17.4 Å². The molecule has 0 aliphatic carbocycles. The van der Waals surface area contributed by atoms with Crippen LogP contribution < -0.4 is 5.32 Å². The Hall–Kier alpha value is -2.91. The van der Waals surface area contributed by atoms with Crippen LogP contribution in [0.5, 0.6) is 0 Å². The number of rotatable bonds is 5. The normalized spacial score (nSPS) is 10.5. The van der Waals surface area contributed by atoms with Crippen LogP contribution in [0.25, 0.3) is 6.08 Å². The van der Waals surface area contributed by atoms with Crippen molar-refractivity contribution in [3.05, 3.63) is 57.5 Å². The molecular weight excluding hydrogens is 336 g/mol. The number of nitrogens with one attached hydrogen (secondary N) is 1. The fourth-order valence-corrected chi connectivity index (χ4v) is 3.21. The average Bonchev–Trinajstić information content (AvgIpc) is 2.87. The van der Waals surface area contributed by atoms with Gasteiger partial charge in [0.1, 0.15) is 5.00 Å². The molecule has 25 heavy (non-hydrogen) atoms. The van der Waals surface area contributed by atoms with Crippen molar-refractivity contribution in [3.8, 4) is 6.07 Å². The van der Waals surface area contributed by atoms with E-state index in [-0.39, 0.29) is 12.5 Å². The molecule has 5 nitrogen and oxygen atoms in total. The Morgan fingerprint density at radius 1 is 1.28 bits per heavy atom. The SMILES string of the molecule is CCOC(=O)c1c(NC(=O)/C=C/c2ccc(C#N)cc2)sc(C)c1C. The zero-order chi connectivity index (χ0) is 18.4. The van der Waals surface area contributed by atoms with Crippen LogP contribution in [0.15, 0.2) is 30.3 Å². The van der Waals surface area contributed by atoms with E-state index in [0.29, 0.717) is 16.1 Å². The maximum absolute atomic E-state index is 12.2. The van der Waals surface area contributed by atoms with Crippen LogP contribution in [0.1, 0.15) is 38.8 Å². The van der Waals surface area contributed by atoms with Gasteiger partial charge in [-0.15, -0.1) is 11.3 Å². The van der Waals surface area contributed by atoms with Gasteiger partial charge in [-0.05, 0) is 50.1 Å². The van der Waals surface area contributed by atoms with Crippen molar-refractivity contribution in [1.29, 1.82) is 5.26 Å². The number of esters is 1. The molecule has 1 aromatic carbocycles. The van der Waals surface area contributed by atoms with E-state index < -0.39 is 5.97 Å². The predicted molar refractivity (Wildman–Crippen MR) is 98.6 cm³/mol. The zero-order valence-electron chi connectivity index (χ0n) is 14.3. The maximum Gasteiger partial charge on any atom is 0.341 e. The van der Waals surface area contributed by atoms with Gasteiger partial charge in [0.05, 0.1) is 23.8 Å². The number of nitriles is 1. The Kier molecular flexibility index (Phi) is 6.09. The monoisotopic (exact) mass is 354 g/mol. The van der Waals surface area contributed by atoms with E-state index in [2.05, 4.69) is 5.32 Å². The molecule has 2 aromatic rings. The third kappa shape index (κ3) is 4.55. The molecule has 0 saturated carbocycles. The predicted octanol–water partition coefficient (Wildman–Crippen LogP) is 4.07. The number of benzene rings is 1. The lowest BCUT2D eigenvalue weighted by atomic mass is 10.1. The molecule has 0 saturated heterocycles. The smallest absolute Gasteiger partial charge is 0.341 e. The van der Waals surface area contributed by atoms with Gasteiger partial charge in [-0.2, -0.15) is 5.26 Å². The second-order valence-electron chi connectivity index (χ2n) is 5.26. The average molecular weight is 354 g/mol. The van der Waals surface area contributed by atoms with Crippen molar-refractivity contribution in [2.45, 2.75) is 20.8 Å². The highest BCUT2D eigenvalue weighted by Crippen LogP contribution is 2.33. The standard InChI is InChI=1S/C19H18N2O3S/c1-4-24-19(23)17-12(2)13(3)25-18(17)21-16(22)10-9-14-5-7-15(11-20)8-6-14/h5-10H,4H2,1-3H3,(H,21,22)/b10-9+. The summed E-state index contributed by atoms with van der Waals surface area (Å²) in [5, 5.41) is 12.0. The third-order valence-corrected chi connectivity index (χ3v) is 4.69. The summed E-state index contributed by atoms with van der Waals surface area (Å²) in [5.74, 6) is -0.771. The minimum atomic E-state index is -0.435. The first-order valence-corrected chi connectivity index (χ1v) is 8.54. The summed E-state index contributed by atoms with van der Waals surface area (Å²) in [7, 11) is 0. The topological polar surface area (TPSA) is 79.2 Å². The zero-order valence-corrected chi connectivity index (χ0v) is 15.1. The summed E-state index contributed by atoms with van der Waals surface area (Å²) in [6, 6.07) is 8.92. The van der Waals surface area contributed by atoms with Gasteiger partial charge in [0.2, 0.25) is 5.91 Å². The number of carbonyl (C=O) groups is 2. The third-order valence-electron chi connectivity index (χ3n) is 3.57. The van der Waals surface area contributed by atoms with Crippen LogP contribution in [0.4, 0.5) is 5.00 Å². The first-order valence-electron chi connectivity index (χ1n) is 7.72. The largest absolute Gasteiger partial charge is 0.462 e. The molecule has 6 heteroatoms. The Bertz CT molecular complexity index is 858. The lowest BCUT2D eigenvalue weighted by Gasteiger charge is -2.05. The van der Waals surface area contributed by atoms with Crippen molar-refractivity contribution in [3.63, 3.8) is 0 Å². The molecule has 0 spiro atoms. The summed E-state index contributed by atoms with van der Waals surface area (Å²) in [4.78, 5) is 25.2. The highest BCUT2D eigenvalue weighted by atomic mass is 32.1. The lowest BCUT2D eigenvalue weighted by molar-refractivity contribution is -0.111. The van der Waals surface area contributed by atoms with E-state index in [1.807, 2.05) is 19.9 Å². The van der Waals surface area contributed by atoms with Gasteiger partial charge in [-0.1, -0.05) is 12.1 Å². The van der Waals surface area contributed by atoms with E-state index in [4.69, 9.17) is 10.00 Å². The molecule has 1 amide bonds. The second kappa shape index (κ2) is 8.27. The molecule has 0 aliphatic rings. The number of hydrogen-bond acceptors (Lipinski definition) is 5. The van der Waals surface area contributed by atoms with Crippen LogP contribution in [0, 0.1) is 25.2 Å². The van der Waals surface area contributed by atoms with Gasteiger partial charge in [-0.25, -0.2) is 4.79 Å². The molecule has 1 heterocycles. The molecule has 128 valence electrons. The van der Waals surface area contributed by atoms with Crippen LogP contribution in [-0.2, 0) is 9.53 Å². The maximum atomic E-state index is 12.2. The van der Waals surface area contributed by atoms with Crippen molar-refractivity contribution >= 4 is 34.3 Å². The second-order valence-corrected chi connectivity index (χ2v) is 6.49. The van der Waals surface area contributed by atoms with Gasteiger partial charge in [0, 0.05) is 11.0 Å². The number of aryl methyl sites for hydroxylation is 1. The van der Waals surface area contributed by atoms with Crippen molar-refractivity contribution in [2.75, 3.05) is 11.9 Å². The summed E-state index contributed by atoms with van der Waals surface area (Å²) >= 11 is 1.35. The van der Waals surface area contributed by atoms with Crippen LogP contribution in [0.3, 0.4) is 0 Å². The van der Waals surface area contributed by atoms with Crippen LogP contribution in [0.2, 0.25) is 0 Å². The lowest BCUT2D eigenvalue weighted by Crippen LogP contribution is -2.12. The molecule has 1 N–H and O–H groups in total. The number of thiophene rings is 1. The van der Waals surface area contributed by atoms with Crippen LogP contribution >= 0.6 is 11.3 Å². The number of amides is 1. The van der Waals surface area contributed by atoms with Gasteiger partial charge < -0.3 is 10.1 Å². The minimum absolute atomic E-state index is 0.277. The van der Waals surface area contributed by atoms with Gasteiger partial charge in [0.15, 0.2) is 0 Å². The molecule has 0 aliphatic heterocycles. The Labute approximate surface area is 150 Å². The Morgan fingerprint density at radius 2 is 1.96 bits per heavy atom. The van der Waals surface area contributed by atoms with E-state index in [0.717, 1.165) is 16.0 Å². The number of anilines is 1. The van der Waals surface area contributed by atoms with E-state index >= 15 is 0 Å². The molecule has 0 radical (unpaired) electrons. The van der Waals surface area contributed by atoms with Gasteiger partial charge in [0.25, 0.3) is 0 Å². The van der Waals surface area contributed by atoms with Crippen LogP contribution in [-0.4, -0.2) is 18.5 Å². The van der Waals surface area contributed by atoms with E-state index in [1.54, 1.807) is 37.3 Å². The summed E-state index contributed by atoms with van der Waals surface area (Å²) < 4.78 is 5.07. The number of nitrogens with zero attached hydrogens (tertiary/aromatic N) is 1. The van der Waals surface area contributed by atoms with Crippen molar-refractivity contribution in [2.24, 2.45) is 0 Å². The number of ether oxygens (including phenoxy) is 1. The highest BCUT2D eigenvalue weighted by molar-refractivity contribution is 7.16. The fourth-order valence-electron chi connectivity index (χ4n) is 2.16.